The number of benzene rings is 1. The van der Waals surface area contributed by atoms with Gasteiger partial charge in [0.2, 0.25) is 0 Å². The van der Waals surface area contributed by atoms with Crippen LogP contribution in [0.3, 0.4) is 0 Å². The molecule has 1 saturated heterocycles. The quantitative estimate of drug-likeness (QED) is 0.748. The van der Waals surface area contributed by atoms with Crippen LogP contribution in [0.2, 0.25) is 5.15 Å². The van der Waals surface area contributed by atoms with Crippen molar-refractivity contribution in [1.29, 1.82) is 0 Å². The molecule has 1 aromatic carbocycles. The topological polar surface area (TPSA) is 41.4 Å². The molecule has 4 rings (SSSR count). The summed E-state index contributed by atoms with van der Waals surface area (Å²) in [4.78, 5) is 15.7. The van der Waals surface area contributed by atoms with Crippen LogP contribution in [0.1, 0.15) is 26.2 Å². The minimum Gasteiger partial charge on any atom is -0.356 e. The van der Waals surface area contributed by atoms with E-state index in [4.69, 9.17) is 11.6 Å². The van der Waals surface area contributed by atoms with E-state index < -0.39 is 0 Å². The van der Waals surface area contributed by atoms with E-state index in [0.717, 1.165) is 49.3 Å². The van der Waals surface area contributed by atoms with Gasteiger partial charge in [0.05, 0.1) is 5.56 Å². The maximum absolute atomic E-state index is 6.43. The normalized spacial score (nSPS) is 18.2. The molecule has 1 fully saturated rings. The van der Waals surface area contributed by atoms with Gasteiger partial charge in [0.25, 0.3) is 0 Å². The van der Waals surface area contributed by atoms with Crippen LogP contribution in [0.15, 0.2) is 52.9 Å². The minimum absolute atomic E-state index is 0.511. The van der Waals surface area contributed by atoms with Crippen LogP contribution in [-0.2, 0) is 0 Å². The van der Waals surface area contributed by atoms with Crippen LogP contribution >= 0.6 is 11.6 Å². The van der Waals surface area contributed by atoms with E-state index in [1.807, 2.05) is 24.4 Å². The molecule has 5 heteroatoms. The van der Waals surface area contributed by atoms with Crippen molar-refractivity contribution in [1.82, 2.24) is 9.97 Å². The predicted molar refractivity (Wildman–Crippen MR) is 103 cm³/mol. The lowest BCUT2D eigenvalue weighted by atomic mass is 9.91. The lowest BCUT2D eigenvalue weighted by Gasteiger charge is -2.34. The van der Waals surface area contributed by atoms with Gasteiger partial charge < -0.3 is 4.90 Å². The summed E-state index contributed by atoms with van der Waals surface area (Å²) in [7, 11) is 0. The van der Waals surface area contributed by atoms with Gasteiger partial charge in [0.1, 0.15) is 17.3 Å². The zero-order valence-electron chi connectivity index (χ0n) is 14.3. The van der Waals surface area contributed by atoms with E-state index in [2.05, 4.69) is 38.9 Å². The summed E-state index contributed by atoms with van der Waals surface area (Å²) in [5.41, 5.74) is 4.72. The van der Waals surface area contributed by atoms with Gasteiger partial charge in [-0.25, -0.2) is 9.97 Å². The van der Waals surface area contributed by atoms with Crippen LogP contribution in [0, 0.1) is 5.92 Å². The molecular formula is C20H21ClN4. The Bertz CT molecular complexity index is 821. The summed E-state index contributed by atoms with van der Waals surface area (Å²) >= 11 is 6.43. The van der Waals surface area contributed by atoms with E-state index >= 15 is 0 Å². The minimum atomic E-state index is 0.511. The molecule has 0 aliphatic carbocycles. The number of hydrogen-bond donors (Lipinski definition) is 0. The molecule has 2 aliphatic heterocycles. The summed E-state index contributed by atoms with van der Waals surface area (Å²) in [5.74, 6) is 1.50. The zero-order chi connectivity index (χ0) is 17.2. The molecule has 0 radical (unpaired) electrons. The smallest absolute Gasteiger partial charge is 0.142 e. The maximum atomic E-state index is 6.43. The molecule has 0 unspecified atom stereocenters. The average Bonchev–Trinajstić information content (AvgIpc) is 3.08. The molecule has 4 nitrogen and oxygen atoms in total. The highest BCUT2D eigenvalue weighted by Crippen LogP contribution is 2.37. The lowest BCUT2D eigenvalue weighted by molar-refractivity contribution is 0.452. The SMILES string of the molecule is CC1=C(C2CCN(c3ncnc(Cl)c3-c3ccccc3)CC2)N=CC1. The van der Waals surface area contributed by atoms with Gasteiger partial charge in [0, 0.05) is 37.3 Å². The monoisotopic (exact) mass is 352 g/mol. The fourth-order valence-electron chi connectivity index (χ4n) is 3.76. The second kappa shape index (κ2) is 6.96. The van der Waals surface area contributed by atoms with Crippen molar-refractivity contribution in [2.75, 3.05) is 18.0 Å². The standard InChI is InChI=1S/C20H21ClN4/c1-14-7-10-22-18(14)16-8-11-25(12-9-16)20-17(19(21)23-13-24-20)15-5-3-2-4-6-15/h2-6,10,13,16H,7-9,11-12H2,1H3. The van der Waals surface area contributed by atoms with Gasteiger partial charge in [-0.1, -0.05) is 41.9 Å². The van der Waals surface area contributed by atoms with E-state index in [9.17, 15) is 0 Å². The van der Waals surface area contributed by atoms with Crippen molar-refractivity contribution in [3.63, 3.8) is 0 Å². The summed E-state index contributed by atoms with van der Waals surface area (Å²) in [5, 5.41) is 0.511. The number of piperidine rings is 1. The third-order valence-corrected chi connectivity index (χ3v) is 5.38. The first-order valence-corrected chi connectivity index (χ1v) is 9.15. The fourth-order valence-corrected chi connectivity index (χ4v) is 4.00. The van der Waals surface area contributed by atoms with Gasteiger partial charge in [-0.2, -0.15) is 0 Å². The van der Waals surface area contributed by atoms with Gasteiger partial charge in [-0.15, -0.1) is 0 Å². The lowest BCUT2D eigenvalue weighted by Crippen LogP contribution is -2.35. The Morgan fingerprint density at radius 3 is 2.52 bits per heavy atom. The maximum Gasteiger partial charge on any atom is 0.142 e. The van der Waals surface area contributed by atoms with Crippen molar-refractivity contribution in [3.05, 3.63) is 53.1 Å². The van der Waals surface area contributed by atoms with Crippen LogP contribution < -0.4 is 4.90 Å². The molecule has 2 aromatic rings. The molecule has 0 atom stereocenters. The molecule has 2 aliphatic rings. The van der Waals surface area contributed by atoms with Crippen LogP contribution in [0.25, 0.3) is 11.1 Å². The molecule has 1 aromatic heterocycles. The highest BCUT2D eigenvalue weighted by molar-refractivity contribution is 6.32. The number of anilines is 1. The second-order valence-corrected chi connectivity index (χ2v) is 7.03. The summed E-state index contributed by atoms with van der Waals surface area (Å²) < 4.78 is 0. The molecule has 0 bridgehead atoms. The molecule has 0 saturated carbocycles. The van der Waals surface area contributed by atoms with Crippen molar-refractivity contribution in [3.8, 4) is 11.1 Å². The zero-order valence-corrected chi connectivity index (χ0v) is 15.1. The third kappa shape index (κ3) is 3.19. The number of aromatic nitrogens is 2. The highest BCUT2D eigenvalue weighted by atomic mass is 35.5. The van der Waals surface area contributed by atoms with Crippen LogP contribution in [0.5, 0.6) is 0 Å². The van der Waals surface area contributed by atoms with Gasteiger partial charge in [-0.05, 0) is 30.9 Å². The number of halogens is 1. The Hall–Kier alpha value is -2.20. The molecule has 25 heavy (non-hydrogen) atoms. The van der Waals surface area contributed by atoms with E-state index in [0.29, 0.717) is 11.1 Å². The number of hydrogen-bond acceptors (Lipinski definition) is 4. The van der Waals surface area contributed by atoms with Gasteiger partial charge >= 0.3 is 0 Å². The highest BCUT2D eigenvalue weighted by Gasteiger charge is 2.27. The van der Waals surface area contributed by atoms with Crippen molar-refractivity contribution >= 4 is 23.6 Å². The van der Waals surface area contributed by atoms with E-state index in [-0.39, 0.29) is 0 Å². The molecule has 3 heterocycles. The molecular weight excluding hydrogens is 332 g/mol. The summed E-state index contributed by atoms with van der Waals surface area (Å²) in [6.07, 6.45) is 6.80. The van der Waals surface area contributed by atoms with Crippen molar-refractivity contribution in [2.24, 2.45) is 10.9 Å². The van der Waals surface area contributed by atoms with Gasteiger partial charge in [-0.3, -0.25) is 4.99 Å². The Labute approximate surface area is 153 Å². The number of aliphatic imine (C=N–C) groups is 1. The molecule has 0 amide bonds. The molecule has 0 spiro atoms. The predicted octanol–water partition coefficient (Wildman–Crippen LogP) is 4.76. The average molecular weight is 353 g/mol. The number of nitrogens with zero attached hydrogens (tertiary/aromatic N) is 4. The van der Waals surface area contributed by atoms with Crippen molar-refractivity contribution in [2.45, 2.75) is 26.2 Å². The second-order valence-electron chi connectivity index (χ2n) is 6.67. The van der Waals surface area contributed by atoms with Gasteiger partial charge in [0.15, 0.2) is 0 Å². The first-order valence-electron chi connectivity index (χ1n) is 8.77. The first-order chi connectivity index (χ1) is 12.2. The first kappa shape index (κ1) is 16.3. The molecule has 128 valence electrons. The third-order valence-electron chi connectivity index (χ3n) is 5.09. The number of rotatable bonds is 3. The Morgan fingerprint density at radius 1 is 1.08 bits per heavy atom. The Kier molecular flexibility index (Phi) is 4.53. The number of allylic oxidation sites excluding steroid dienone is 2. The molecule has 0 N–H and O–H groups in total. The van der Waals surface area contributed by atoms with Crippen LogP contribution in [-0.4, -0.2) is 29.3 Å². The summed E-state index contributed by atoms with van der Waals surface area (Å²) in [6.45, 7) is 4.13. The van der Waals surface area contributed by atoms with E-state index in [1.165, 1.54) is 11.3 Å². The largest absolute Gasteiger partial charge is 0.356 e. The van der Waals surface area contributed by atoms with Crippen molar-refractivity contribution < 1.29 is 0 Å². The summed E-state index contributed by atoms with van der Waals surface area (Å²) in [6, 6.07) is 10.2. The Morgan fingerprint density at radius 2 is 1.84 bits per heavy atom. The van der Waals surface area contributed by atoms with E-state index in [1.54, 1.807) is 6.33 Å². The Balaban J connectivity index is 1.59. The van der Waals surface area contributed by atoms with Crippen LogP contribution in [0.4, 0.5) is 5.82 Å². The fraction of sp³-hybridized carbons (Fsp3) is 0.350.